The molecule has 158 valence electrons. The number of ether oxygens (including phenoxy) is 3. The van der Waals surface area contributed by atoms with Crippen LogP contribution in [0.4, 0.5) is 19.0 Å². The van der Waals surface area contributed by atoms with Crippen LogP contribution in [-0.2, 0) is 6.54 Å². The zero-order valence-electron chi connectivity index (χ0n) is 16.1. The minimum atomic E-state index is -4.75. The van der Waals surface area contributed by atoms with Gasteiger partial charge in [0, 0.05) is 18.3 Å². The van der Waals surface area contributed by atoms with Crippen LogP contribution in [0.3, 0.4) is 0 Å². The van der Waals surface area contributed by atoms with Gasteiger partial charge in [0.15, 0.2) is 17.3 Å². The van der Waals surface area contributed by atoms with Crippen LogP contribution >= 0.6 is 0 Å². The molecule has 3 rings (SSSR count). The number of methoxy groups -OCH3 is 2. The zero-order chi connectivity index (χ0) is 21.7. The third-order valence-corrected chi connectivity index (χ3v) is 4.02. The highest BCUT2D eigenvalue weighted by molar-refractivity contribution is 6.04. The first kappa shape index (κ1) is 21.0. The minimum absolute atomic E-state index is 0.244. The van der Waals surface area contributed by atoms with E-state index in [1.54, 1.807) is 29.0 Å². The molecule has 1 amide bonds. The number of nitrogens with one attached hydrogen (secondary N) is 1. The molecule has 0 bridgehead atoms. The van der Waals surface area contributed by atoms with E-state index < -0.39 is 12.3 Å². The largest absolute Gasteiger partial charge is 0.573 e. The highest BCUT2D eigenvalue weighted by Crippen LogP contribution is 2.28. The van der Waals surface area contributed by atoms with E-state index in [2.05, 4.69) is 15.0 Å². The summed E-state index contributed by atoms with van der Waals surface area (Å²) in [5, 5.41) is 2.65. The van der Waals surface area contributed by atoms with Crippen LogP contribution in [0.1, 0.15) is 15.9 Å². The molecule has 0 saturated carbocycles. The van der Waals surface area contributed by atoms with Crippen molar-refractivity contribution in [2.45, 2.75) is 12.9 Å². The molecule has 3 aromatic rings. The van der Waals surface area contributed by atoms with Gasteiger partial charge < -0.3 is 24.1 Å². The Bertz CT molecular complexity index is 1030. The lowest BCUT2D eigenvalue weighted by Crippen LogP contribution is -2.17. The number of carbonyl (C=O) groups is 1. The average molecular weight is 421 g/mol. The summed E-state index contributed by atoms with van der Waals surface area (Å²) < 4.78 is 53.0. The maximum absolute atomic E-state index is 12.4. The number of aromatic nitrogens is 2. The van der Waals surface area contributed by atoms with Gasteiger partial charge in [0.1, 0.15) is 5.75 Å². The van der Waals surface area contributed by atoms with Crippen LogP contribution in [0.2, 0.25) is 0 Å². The summed E-state index contributed by atoms with van der Waals surface area (Å²) in [6.45, 7) is 0.244. The van der Waals surface area contributed by atoms with Gasteiger partial charge in [0.05, 0.1) is 20.5 Å². The number of benzene rings is 2. The first-order valence-electron chi connectivity index (χ1n) is 8.67. The molecule has 1 heterocycles. The molecule has 1 N–H and O–H groups in total. The predicted octanol–water partition coefficient (Wildman–Crippen LogP) is 4.10. The van der Waals surface area contributed by atoms with Crippen molar-refractivity contribution < 1.29 is 32.2 Å². The van der Waals surface area contributed by atoms with Gasteiger partial charge in [-0.05, 0) is 35.9 Å². The van der Waals surface area contributed by atoms with E-state index in [1.807, 2.05) is 0 Å². The molecule has 7 nitrogen and oxygen atoms in total. The van der Waals surface area contributed by atoms with Crippen LogP contribution < -0.4 is 19.5 Å². The second kappa shape index (κ2) is 8.76. The molecular weight excluding hydrogens is 403 g/mol. The number of rotatable bonds is 7. The van der Waals surface area contributed by atoms with Crippen LogP contribution in [0.25, 0.3) is 0 Å². The van der Waals surface area contributed by atoms with E-state index in [0.29, 0.717) is 22.6 Å². The van der Waals surface area contributed by atoms with E-state index in [-0.39, 0.29) is 18.1 Å². The Kier molecular flexibility index (Phi) is 6.14. The van der Waals surface area contributed by atoms with Crippen molar-refractivity contribution >= 4 is 11.7 Å². The Morgan fingerprint density at radius 1 is 1.10 bits per heavy atom. The lowest BCUT2D eigenvalue weighted by Gasteiger charge is -2.10. The number of carbonyl (C=O) groups excluding carboxylic acids is 1. The summed E-state index contributed by atoms with van der Waals surface area (Å²) in [7, 11) is 2.96. The molecule has 10 heteroatoms. The summed E-state index contributed by atoms with van der Waals surface area (Å²) in [4.78, 5) is 16.5. The van der Waals surface area contributed by atoms with E-state index in [1.165, 1.54) is 44.8 Å². The van der Waals surface area contributed by atoms with E-state index >= 15 is 0 Å². The number of alkyl halides is 3. The molecule has 0 aliphatic carbocycles. The molecule has 30 heavy (non-hydrogen) atoms. The van der Waals surface area contributed by atoms with Crippen molar-refractivity contribution in [3.8, 4) is 17.2 Å². The minimum Gasteiger partial charge on any atom is -0.493 e. The third kappa shape index (κ3) is 5.43. The van der Waals surface area contributed by atoms with E-state index in [4.69, 9.17) is 9.47 Å². The molecule has 0 unspecified atom stereocenters. The van der Waals surface area contributed by atoms with Crippen molar-refractivity contribution in [1.29, 1.82) is 0 Å². The smallest absolute Gasteiger partial charge is 0.493 e. The first-order chi connectivity index (χ1) is 14.3. The summed E-state index contributed by atoms with van der Waals surface area (Å²) in [5.41, 5.74) is 0.922. The van der Waals surface area contributed by atoms with Gasteiger partial charge in [0.25, 0.3) is 5.91 Å². The van der Waals surface area contributed by atoms with Gasteiger partial charge in [0.2, 0.25) is 0 Å². The standard InChI is InChI=1S/C20H18F3N3O4/c1-28-16-7-6-14(9-17(16)29-2)19(27)25-18-11-26(12-24-18)10-13-4-3-5-15(8-13)30-20(21,22)23/h3-9,11-12H,10H2,1-2H3,(H,25,27). The number of nitrogens with zero attached hydrogens (tertiary/aromatic N) is 2. The van der Waals surface area contributed by atoms with Crippen LogP contribution in [0, 0.1) is 0 Å². The monoisotopic (exact) mass is 421 g/mol. The second-order valence-electron chi connectivity index (χ2n) is 6.15. The zero-order valence-corrected chi connectivity index (χ0v) is 16.1. The van der Waals surface area contributed by atoms with Crippen molar-refractivity contribution in [3.63, 3.8) is 0 Å². The van der Waals surface area contributed by atoms with Gasteiger partial charge in [-0.2, -0.15) is 0 Å². The molecule has 2 aromatic carbocycles. The van der Waals surface area contributed by atoms with Gasteiger partial charge >= 0.3 is 6.36 Å². The quantitative estimate of drug-likeness (QED) is 0.622. The molecule has 0 spiro atoms. The molecule has 0 aliphatic heterocycles. The van der Waals surface area contributed by atoms with E-state index in [9.17, 15) is 18.0 Å². The lowest BCUT2D eigenvalue weighted by atomic mass is 10.2. The number of imidazole rings is 1. The second-order valence-corrected chi connectivity index (χ2v) is 6.15. The number of anilines is 1. The van der Waals surface area contributed by atoms with Crippen LogP contribution in [-0.4, -0.2) is 36.0 Å². The topological polar surface area (TPSA) is 74.6 Å². The third-order valence-electron chi connectivity index (χ3n) is 4.02. The Hall–Kier alpha value is -3.69. The Balaban J connectivity index is 1.67. The Morgan fingerprint density at radius 3 is 2.57 bits per heavy atom. The fourth-order valence-electron chi connectivity index (χ4n) is 2.73. The summed E-state index contributed by atoms with van der Waals surface area (Å²) in [6.07, 6.45) is -1.73. The average Bonchev–Trinajstić information content (AvgIpc) is 3.13. The molecular formula is C20H18F3N3O4. The fourth-order valence-corrected chi connectivity index (χ4v) is 2.73. The predicted molar refractivity (Wildman–Crippen MR) is 102 cm³/mol. The molecule has 0 atom stereocenters. The molecule has 0 fully saturated rings. The van der Waals surface area contributed by atoms with Crippen molar-refractivity contribution in [3.05, 3.63) is 66.1 Å². The molecule has 0 aliphatic rings. The van der Waals surface area contributed by atoms with Gasteiger partial charge in [-0.25, -0.2) is 4.98 Å². The Morgan fingerprint density at radius 2 is 1.87 bits per heavy atom. The maximum atomic E-state index is 12.4. The lowest BCUT2D eigenvalue weighted by molar-refractivity contribution is -0.274. The highest BCUT2D eigenvalue weighted by Gasteiger charge is 2.31. The molecule has 0 saturated heterocycles. The van der Waals surface area contributed by atoms with Gasteiger partial charge in [-0.3, -0.25) is 4.79 Å². The highest BCUT2D eigenvalue weighted by atomic mass is 19.4. The molecule has 1 aromatic heterocycles. The van der Waals surface area contributed by atoms with Crippen molar-refractivity contribution in [2.75, 3.05) is 19.5 Å². The summed E-state index contributed by atoms with van der Waals surface area (Å²) >= 11 is 0. The fraction of sp³-hybridized carbons (Fsp3) is 0.200. The number of hydrogen-bond acceptors (Lipinski definition) is 5. The SMILES string of the molecule is COc1ccc(C(=O)Nc2cn(Cc3cccc(OC(F)(F)F)c3)cn2)cc1OC. The van der Waals surface area contributed by atoms with Crippen LogP contribution in [0.5, 0.6) is 17.2 Å². The van der Waals surface area contributed by atoms with Crippen LogP contribution in [0.15, 0.2) is 55.0 Å². The number of hydrogen-bond donors (Lipinski definition) is 1. The maximum Gasteiger partial charge on any atom is 0.573 e. The first-order valence-corrected chi connectivity index (χ1v) is 8.67. The number of halogens is 3. The summed E-state index contributed by atoms with van der Waals surface area (Å²) in [6, 6.07) is 10.4. The van der Waals surface area contributed by atoms with Gasteiger partial charge in [-0.1, -0.05) is 12.1 Å². The summed E-state index contributed by atoms with van der Waals surface area (Å²) in [5.74, 6) is 0.494. The number of amides is 1. The normalized spacial score (nSPS) is 11.1. The van der Waals surface area contributed by atoms with Crippen molar-refractivity contribution in [2.24, 2.45) is 0 Å². The van der Waals surface area contributed by atoms with Gasteiger partial charge in [-0.15, -0.1) is 13.2 Å². The molecule has 0 radical (unpaired) electrons. The Labute approximate surface area is 170 Å². The van der Waals surface area contributed by atoms with E-state index in [0.717, 1.165) is 0 Å². The van der Waals surface area contributed by atoms with Crippen molar-refractivity contribution in [1.82, 2.24) is 9.55 Å².